The molecule has 0 unspecified atom stereocenters. The zero-order chi connectivity index (χ0) is 13.7. The molecule has 0 aromatic heterocycles. The maximum absolute atomic E-state index is 11.1. The first kappa shape index (κ1) is 14.8. The van der Waals surface area contributed by atoms with E-state index >= 15 is 0 Å². The van der Waals surface area contributed by atoms with E-state index in [0.29, 0.717) is 12.5 Å². The van der Waals surface area contributed by atoms with E-state index in [1.54, 1.807) is 0 Å². The maximum atomic E-state index is 11.1. The largest absolute Gasteiger partial charge is 0.480 e. The molecule has 0 aromatic carbocycles. The van der Waals surface area contributed by atoms with Gasteiger partial charge in [-0.25, -0.2) is 0 Å². The molecule has 1 heterocycles. The number of carboxylic acids is 1. The van der Waals surface area contributed by atoms with Crippen LogP contribution in [0.25, 0.3) is 0 Å². The smallest absolute Gasteiger partial charge is 0.320 e. The van der Waals surface area contributed by atoms with Gasteiger partial charge in [-0.1, -0.05) is 19.8 Å². The van der Waals surface area contributed by atoms with Crippen LogP contribution < -0.4 is 0 Å². The first-order chi connectivity index (χ1) is 9.20. The summed E-state index contributed by atoms with van der Waals surface area (Å²) in [5.41, 5.74) is 0. The van der Waals surface area contributed by atoms with Gasteiger partial charge >= 0.3 is 5.97 Å². The Labute approximate surface area is 116 Å². The van der Waals surface area contributed by atoms with Crippen molar-refractivity contribution in [2.45, 2.75) is 64.0 Å². The fourth-order valence-electron chi connectivity index (χ4n) is 3.39. The lowest BCUT2D eigenvalue weighted by atomic mass is 10.0. The highest BCUT2D eigenvalue weighted by Crippen LogP contribution is 2.26. The number of carboxylic acid groups (broad SMARTS) is 1. The summed E-state index contributed by atoms with van der Waals surface area (Å²) in [4.78, 5) is 13.2. The molecule has 0 spiro atoms. The summed E-state index contributed by atoms with van der Waals surface area (Å²) in [5.74, 6) is 0.0910. The van der Waals surface area contributed by atoms with Gasteiger partial charge in [0.25, 0.3) is 0 Å². The van der Waals surface area contributed by atoms with Crippen molar-refractivity contribution in [2.75, 3.05) is 19.7 Å². The molecule has 1 saturated heterocycles. The number of nitrogens with zero attached hydrogens (tertiary/aromatic N) is 1. The fraction of sp³-hybridized carbons (Fsp3) is 0.933. The second-order valence-corrected chi connectivity index (χ2v) is 5.98. The Hall–Kier alpha value is -0.610. The highest BCUT2D eigenvalue weighted by molar-refractivity contribution is 5.73. The van der Waals surface area contributed by atoms with E-state index in [0.717, 1.165) is 38.5 Å². The van der Waals surface area contributed by atoms with E-state index in [1.807, 2.05) is 6.92 Å². The molecular formula is C15H27NO3. The monoisotopic (exact) mass is 269 g/mol. The number of likely N-dealkylation sites (tertiary alicyclic amines) is 1. The van der Waals surface area contributed by atoms with Gasteiger partial charge in [-0.15, -0.1) is 0 Å². The number of aliphatic carboxylic acids is 1. The molecule has 0 aromatic rings. The molecule has 4 heteroatoms. The molecule has 1 N–H and O–H groups in total. The standard InChI is InChI=1S/C15H27NO3/c1-2-14(15(17)18)16-9-7-13(8-10-16)19-11-12-5-3-4-6-12/h12-14H,2-11H2,1H3,(H,17,18)/t14-/m0/s1. The molecule has 0 bridgehead atoms. The normalized spacial score (nSPS) is 24.7. The molecule has 4 nitrogen and oxygen atoms in total. The molecule has 2 rings (SSSR count). The minimum absolute atomic E-state index is 0.309. The molecule has 1 aliphatic heterocycles. The minimum Gasteiger partial charge on any atom is -0.480 e. The van der Waals surface area contributed by atoms with Gasteiger partial charge < -0.3 is 9.84 Å². The van der Waals surface area contributed by atoms with Gasteiger partial charge in [0.15, 0.2) is 0 Å². The molecule has 0 amide bonds. The van der Waals surface area contributed by atoms with Crippen molar-refractivity contribution in [3.63, 3.8) is 0 Å². The Morgan fingerprint density at radius 2 is 1.89 bits per heavy atom. The van der Waals surface area contributed by atoms with Crippen molar-refractivity contribution in [3.8, 4) is 0 Å². The molecule has 0 radical (unpaired) electrons. The Kier molecular flexibility index (Phi) is 5.64. The van der Waals surface area contributed by atoms with E-state index in [1.165, 1.54) is 25.7 Å². The molecule has 1 atom stereocenters. The van der Waals surface area contributed by atoms with Crippen molar-refractivity contribution in [1.82, 2.24) is 4.90 Å². The van der Waals surface area contributed by atoms with Gasteiger partial charge in [0.1, 0.15) is 6.04 Å². The maximum Gasteiger partial charge on any atom is 0.320 e. The Morgan fingerprint density at radius 1 is 1.26 bits per heavy atom. The summed E-state index contributed by atoms with van der Waals surface area (Å²) in [6, 6.07) is -0.309. The van der Waals surface area contributed by atoms with Crippen molar-refractivity contribution >= 4 is 5.97 Å². The Balaban J connectivity index is 1.68. The number of hydrogen-bond donors (Lipinski definition) is 1. The predicted octanol–water partition coefficient (Wildman–Crippen LogP) is 2.52. The lowest BCUT2D eigenvalue weighted by molar-refractivity contribution is -0.144. The van der Waals surface area contributed by atoms with Crippen molar-refractivity contribution in [1.29, 1.82) is 0 Å². The first-order valence-electron chi connectivity index (χ1n) is 7.79. The van der Waals surface area contributed by atoms with Crippen molar-refractivity contribution in [3.05, 3.63) is 0 Å². The minimum atomic E-state index is -0.687. The zero-order valence-electron chi connectivity index (χ0n) is 12.0. The molecule has 2 aliphatic rings. The fourth-order valence-corrected chi connectivity index (χ4v) is 3.39. The third kappa shape index (κ3) is 4.18. The molecule has 19 heavy (non-hydrogen) atoms. The van der Waals surface area contributed by atoms with Crippen LogP contribution in [0.3, 0.4) is 0 Å². The Morgan fingerprint density at radius 3 is 2.42 bits per heavy atom. The van der Waals surface area contributed by atoms with Gasteiger partial charge in [-0.05, 0) is 38.0 Å². The number of piperidine rings is 1. The molecule has 1 saturated carbocycles. The van der Waals surface area contributed by atoms with Gasteiger partial charge in [0, 0.05) is 19.7 Å². The van der Waals surface area contributed by atoms with Gasteiger partial charge in [0.05, 0.1) is 6.10 Å². The summed E-state index contributed by atoms with van der Waals surface area (Å²) < 4.78 is 6.01. The highest BCUT2D eigenvalue weighted by atomic mass is 16.5. The van der Waals surface area contributed by atoms with Gasteiger partial charge in [0.2, 0.25) is 0 Å². The molecule has 110 valence electrons. The summed E-state index contributed by atoms with van der Waals surface area (Å²) in [6.07, 6.45) is 8.39. The van der Waals surface area contributed by atoms with E-state index in [-0.39, 0.29) is 6.04 Å². The lowest BCUT2D eigenvalue weighted by Gasteiger charge is -2.35. The van der Waals surface area contributed by atoms with E-state index in [9.17, 15) is 4.79 Å². The zero-order valence-corrected chi connectivity index (χ0v) is 12.0. The SMILES string of the molecule is CC[C@@H](C(=O)O)N1CCC(OCC2CCCC2)CC1. The van der Waals surface area contributed by atoms with Crippen LogP contribution in [0.1, 0.15) is 51.9 Å². The van der Waals surface area contributed by atoms with Crippen LogP contribution in [-0.4, -0.2) is 47.8 Å². The Bertz CT molecular complexity index is 281. The van der Waals surface area contributed by atoms with Crippen LogP contribution in [0.5, 0.6) is 0 Å². The van der Waals surface area contributed by atoms with E-state index < -0.39 is 5.97 Å². The van der Waals surface area contributed by atoms with Crippen LogP contribution in [-0.2, 0) is 9.53 Å². The van der Waals surface area contributed by atoms with Crippen molar-refractivity contribution in [2.24, 2.45) is 5.92 Å². The quantitative estimate of drug-likeness (QED) is 0.805. The van der Waals surface area contributed by atoms with Gasteiger partial charge in [-0.2, -0.15) is 0 Å². The topological polar surface area (TPSA) is 49.8 Å². The average Bonchev–Trinajstić information content (AvgIpc) is 2.91. The molecule has 2 fully saturated rings. The second-order valence-electron chi connectivity index (χ2n) is 5.98. The van der Waals surface area contributed by atoms with Crippen molar-refractivity contribution < 1.29 is 14.6 Å². The van der Waals surface area contributed by atoms with Crippen LogP contribution in [0.4, 0.5) is 0 Å². The molecule has 1 aliphatic carbocycles. The number of ether oxygens (including phenoxy) is 1. The number of carbonyl (C=O) groups is 1. The van der Waals surface area contributed by atoms with Gasteiger partial charge in [-0.3, -0.25) is 9.69 Å². The van der Waals surface area contributed by atoms with E-state index in [4.69, 9.17) is 9.84 Å². The third-order valence-corrected chi connectivity index (χ3v) is 4.63. The highest BCUT2D eigenvalue weighted by Gasteiger charge is 2.29. The molecular weight excluding hydrogens is 242 g/mol. The summed E-state index contributed by atoms with van der Waals surface area (Å²) >= 11 is 0. The van der Waals surface area contributed by atoms with Crippen LogP contribution >= 0.6 is 0 Å². The lowest BCUT2D eigenvalue weighted by Crippen LogP contribution is -2.46. The van der Waals surface area contributed by atoms with E-state index in [2.05, 4.69) is 4.90 Å². The summed E-state index contributed by atoms with van der Waals surface area (Å²) in [7, 11) is 0. The third-order valence-electron chi connectivity index (χ3n) is 4.63. The van der Waals surface area contributed by atoms with Crippen LogP contribution in [0.15, 0.2) is 0 Å². The second kappa shape index (κ2) is 7.25. The predicted molar refractivity (Wildman–Crippen MR) is 74.2 cm³/mol. The van der Waals surface area contributed by atoms with Crippen LogP contribution in [0.2, 0.25) is 0 Å². The summed E-state index contributed by atoms with van der Waals surface area (Å²) in [6.45, 7) is 4.59. The average molecular weight is 269 g/mol. The van der Waals surface area contributed by atoms with Crippen LogP contribution in [0, 0.1) is 5.92 Å². The summed E-state index contributed by atoms with van der Waals surface area (Å²) in [5, 5.41) is 9.17. The number of rotatable bonds is 6. The number of hydrogen-bond acceptors (Lipinski definition) is 3. The first-order valence-corrected chi connectivity index (χ1v) is 7.79.